The van der Waals surface area contributed by atoms with Gasteiger partial charge in [-0.3, -0.25) is 4.79 Å². The van der Waals surface area contributed by atoms with Gasteiger partial charge in [-0.25, -0.2) is 0 Å². The minimum absolute atomic E-state index is 0.00752. The Morgan fingerprint density at radius 1 is 0.683 bits per heavy atom. The molecule has 4 heteroatoms. The molecule has 0 aliphatic heterocycles. The number of benzene rings is 5. The van der Waals surface area contributed by atoms with Crippen LogP contribution in [0.25, 0.3) is 10.9 Å². The van der Waals surface area contributed by atoms with Crippen LogP contribution in [0.15, 0.2) is 146 Å². The molecular formula is C37H32N2O2. The quantitative estimate of drug-likeness (QED) is 0.191. The molecule has 41 heavy (non-hydrogen) atoms. The van der Waals surface area contributed by atoms with Crippen LogP contribution in [-0.4, -0.2) is 10.5 Å². The lowest BCUT2D eigenvalue weighted by Gasteiger charge is -2.18. The van der Waals surface area contributed by atoms with Crippen LogP contribution in [0.3, 0.4) is 0 Å². The second kappa shape index (κ2) is 12.4. The van der Waals surface area contributed by atoms with Crippen molar-refractivity contribution in [3.8, 4) is 11.5 Å². The van der Waals surface area contributed by atoms with Crippen LogP contribution in [0.2, 0.25) is 0 Å². The van der Waals surface area contributed by atoms with Gasteiger partial charge in [-0.1, -0.05) is 109 Å². The summed E-state index contributed by atoms with van der Waals surface area (Å²) < 4.78 is 8.47. The first-order chi connectivity index (χ1) is 20.2. The number of carbonyl (C=O) groups excluding carboxylic acids is 1. The summed E-state index contributed by atoms with van der Waals surface area (Å²) in [4.78, 5) is 13.4. The lowest BCUT2D eigenvalue weighted by Crippen LogP contribution is -2.25. The first kappa shape index (κ1) is 26.1. The van der Waals surface area contributed by atoms with Gasteiger partial charge in [0.25, 0.3) is 0 Å². The first-order valence-corrected chi connectivity index (χ1v) is 14.0. The molecule has 0 saturated heterocycles. The molecule has 0 saturated carbocycles. The lowest BCUT2D eigenvalue weighted by atomic mass is 9.88. The second-order valence-corrected chi connectivity index (χ2v) is 10.2. The van der Waals surface area contributed by atoms with Gasteiger partial charge in [0.15, 0.2) is 0 Å². The Kier molecular flexibility index (Phi) is 7.90. The van der Waals surface area contributed by atoms with E-state index in [1.54, 1.807) is 0 Å². The molecule has 0 unspecified atom stereocenters. The monoisotopic (exact) mass is 536 g/mol. The van der Waals surface area contributed by atoms with E-state index < -0.39 is 0 Å². The van der Waals surface area contributed by atoms with Crippen molar-refractivity contribution in [3.05, 3.63) is 168 Å². The Bertz CT molecular complexity index is 1730. The number of hydrogen-bond acceptors (Lipinski definition) is 2. The SMILES string of the molecule is O=C(C[C@H](c1cccc(Oc2ccccc2)c1)c1cn(Cc2ccccc2)c2ccccc12)NCc1ccccc1. The van der Waals surface area contributed by atoms with Crippen LogP contribution < -0.4 is 10.1 Å². The summed E-state index contributed by atoms with van der Waals surface area (Å²) >= 11 is 0. The zero-order chi connectivity index (χ0) is 27.9. The Balaban J connectivity index is 1.36. The third-order valence-corrected chi connectivity index (χ3v) is 7.35. The van der Waals surface area contributed by atoms with Crippen LogP contribution in [0.4, 0.5) is 0 Å². The fourth-order valence-electron chi connectivity index (χ4n) is 5.34. The Hall–Kier alpha value is -5.09. The van der Waals surface area contributed by atoms with Gasteiger partial charge in [0.1, 0.15) is 11.5 Å². The molecule has 1 heterocycles. The number of amides is 1. The van der Waals surface area contributed by atoms with Gasteiger partial charge in [0, 0.05) is 42.5 Å². The number of carbonyl (C=O) groups is 1. The van der Waals surface area contributed by atoms with Gasteiger partial charge >= 0.3 is 0 Å². The third-order valence-electron chi connectivity index (χ3n) is 7.35. The number of nitrogens with zero attached hydrogens (tertiary/aromatic N) is 1. The fraction of sp³-hybridized carbons (Fsp3) is 0.108. The molecule has 202 valence electrons. The lowest BCUT2D eigenvalue weighted by molar-refractivity contribution is -0.121. The maximum Gasteiger partial charge on any atom is 0.221 e. The Labute approximate surface area is 240 Å². The number of aromatic nitrogens is 1. The number of ether oxygens (including phenoxy) is 1. The topological polar surface area (TPSA) is 43.3 Å². The molecule has 1 amide bonds. The van der Waals surface area contributed by atoms with Gasteiger partial charge in [-0.2, -0.15) is 0 Å². The maximum atomic E-state index is 13.4. The van der Waals surface area contributed by atoms with E-state index in [0.29, 0.717) is 13.0 Å². The van der Waals surface area contributed by atoms with Crippen molar-refractivity contribution in [3.63, 3.8) is 0 Å². The van der Waals surface area contributed by atoms with E-state index in [4.69, 9.17) is 4.74 Å². The molecular weight excluding hydrogens is 504 g/mol. The van der Waals surface area contributed by atoms with Gasteiger partial charge in [0.05, 0.1) is 0 Å². The molecule has 0 radical (unpaired) electrons. The van der Waals surface area contributed by atoms with Crippen molar-refractivity contribution in [1.29, 1.82) is 0 Å². The highest BCUT2D eigenvalue weighted by molar-refractivity contribution is 5.87. The van der Waals surface area contributed by atoms with Crippen LogP contribution in [0.1, 0.15) is 34.6 Å². The average Bonchev–Trinajstić information content (AvgIpc) is 3.38. The summed E-state index contributed by atoms with van der Waals surface area (Å²) in [5.74, 6) is 1.37. The normalized spacial score (nSPS) is 11.7. The molecule has 1 N–H and O–H groups in total. The number of hydrogen-bond donors (Lipinski definition) is 1. The van der Waals surface area contributed by atoms with Gasteiger partial charge in [-0.15, -0.1) is 0 Å². The number of fused-ring (bicyclic) bond motifs is 1. The first-order valence-electron chi connectivity index (χ1n) is 14.0. The maximum absolute atomic E-state index is 13.4. The number of nitrogens with one attached hydrogen (secondary N) is 1. The molecule has 6 rings (SSSR count). The summed E-state index contributed by atoms with van der Waals surface area (Å²) in [6.45, 7) is 1.25. The largest absolute Gasteiger partial charge is 0.457 e. The van der Waals surface area contributed by atoms with Crippen LogP contribution in [0.5, 0.6) is 11.5 Å². The predicted octanol–water partition coefficient (Wildman–Crippen LogP) is 8.32. The van der Waals surface area contributed by atoms with Crippen LogP contribution in [-0.2, 0) is 17.9 Å². The minimum atomic E-state index is -0.160. The molecule has 0 aliphatic carbocycles. The number of rotatable bonds is 10. The summed E-state index contributed by atoms with van der Waals surface area (Å²) in [5.41, 5.74) is 5.63. The predicted molar refractivity (Wildman–Crippen MR) is 165 cm³/mol. The van der Waals surface area contributed by atoms with E-state index in [2.05, 4.69) is 76.7 Å². The molecule has 6 aromatic rings. The Morgan fingerprint density at radius 2 is 1.32 bits per heavy atom. The minimum Gasteiger partial charge on any atom is -0.457 e. The van der Waals surface area contributed by atoms with Crippen LogP contribution >= 0.6 is 0 Å². The van der Waals surface area contributed by atoms with Crippen molar-refractivity contribution in [2.75, 3.05) is 0 Å². The number of para-hydroxylation sites is 2. The zero-order valence-electron chi connectivity index (χ0n) is 22.8. The highest BCUT2D eigenvalue weighted by Crippen LogP contribution is 2.37. The molecule has 0 aliphatic rings. The molecule has 5 aromatic carbocycles. The van der Waals surface area contributed by atoms with Gasteiger partial charge in [0.2, 0.25) is 5.91 Å². The van der Waals surface area contributed by atoms with Gasteiger partial charge < -0.3 is 14.6 Å². The standard InChI is InChI=1S/C37H32N2O2/c40-37(38-25-28-13-4-1-5-14-28)24-34(30-17-12-20-32(23-30)41-31-18-8-3-9-19-31)35-27-39(26-29-15-6-2-7-16-29)36-22-11-10-21-33(35)36/h1-23,27,34H,24-26H2,(H,38,40)/t34-/m1/s1. The highest BCUT2D eigenvalue weighted by Gasteiger charge is 2.23. The van der Waals surface area contributed by atoms with E-state index in [0.717, 1.165) is 45.6 Å². The zero-order valence-corrected chi connectivity index (χ0v) is 22.8. The van der Waals surface area contributed by atoms with Crippen molar-refractivity contribution in [2.24, 2.45) is 0 Å². The van der Waals surface area contributed by atoms with E-state index in [1.165, 1.54) is 5.56 Å². The van der Waals surface area contributed by atoms with Crippen molar-refractivity contribution in [2.45, 2.75) is 25.4 Å². The van der Waals surface area contributed by atoms with E-state index in [9.17, 15) is 4.79 Å². The van der Waals surface area contributed by atoms with E-state index in [-0.39, 0.29) is 11.8 Å². The van der Waals surface area contributed by atoms with Crippen molar-refractivity contribution < 1.29 is 9.53 Å². The van der Waals surface area contributed by atoms with Crippen LogP contribution in [0, 0.1) is 0 Å². The smallest absolute Gasteiger partial charge is 0.221 e. The van der Waals surface area contributed by atoms with Crippen molar-refractivity contribution in [1.82, 2.24) is 9.88 Å². The molecule has 0 bridgehead atoms. The molecule has 0 spiro atoms. The summed E-state index contributed by atoms with van der Waals surface area (Å²) in [6.07, 6.45) is 2.54. The fourth-order valence-corrected chi connectivity index (χ4v) is 5.34. The molecule has 1 atom stereocenters. The highest BCUT2D eigenvalue weighted by atomic mass is 16.5. The van der Waals surface area contributed by atoms with Gasteiger partial charge in [-0.05, 0) is 52.6 Å². The third kappa shape index (κ3) is 6.39. The summed E-state index contributed by atoms with van der Waals surface area (Å²) in [5, 5.41) is 4.29. The van der Waals surface area contributed by atoms with Crippen molar-refractivity contribution >= 4 is 16.8 Å². The van der Waals surface area contributed by atoms with E-state index in [1.807, 2.05) is 78.9 Å². The molecule has 4 nitrogen and oxygen atoms in total. The molecule has 1 aromatic heterocycles. The Morgan fingerprint density at radius 3 is 2.07 bits per heavy atom. The summed E-state index contributed by atoms with van der Waals surface area (Å²) in [7, 11) is 0. The molecule has 0 fully saturated rings. The summed E-state index contributed by atoms with van der Waals surface area (Å²) in [6, 6.07) is 46.8. The van der Waals surface area contributed by atoms with E-state index >= 15 is 0 Å². The average molecular weight is 537 g/mol. The second-order valence-electron chi connectivity index (χ2n) is 10.2.